The summed E-state index contributed by atoms with van der Waals surface area (Å²) in [6.07, 6.45) is 10.9. The Hall–Kier alpha value is -3.52. The van der Waals surface area contributed by atoms with Gasteiger partial charge in [-0.3, -0.25) is 9.97 Å². The smallest absolute Gasteiger partial charge is 0.408 e. The molecular weight excluding hydrogens is 511 g/mol. The first-order valence-electron chi connectivity index (χ1n) is 11.0. The Morgan fingerprint density at radius 2 is 1.03 bits per heavy atom. The summed E-state index contributed by atoms with van der Waals surface area (Å²) in [6, 6.07) is 28.7. The molecule has 0 spiro atoms. The standard InChI is InChI=1S/C29H22N4.Pd/c1-29(2,25-13-7-15-27(30-25)32-17-21-9-3-4-10-22(21)18-32)26-14-8-16-28(31-26)33-19-23-11-5-6-12-24(23)20-33;/h3-17,19H,1-2H3;/q-2;+2. The molecule has 0 radical (unpaired) electrons. The van der Waals surface area contributed by atoms with Crippen molar-refractivity contribution in [1.82, 2.24) is 19.1 Å². The van der Waals surface area contributed by atoms with Crippen molar-refractivity contribution < 1.29 is 20.4 Å². The molecule has 0 saturated carbocycles. The van der Waals surface area contributed by atoms with Gasteiger partial charge in [-0.1, -0.05) is 83.8 Å². The summed E-state index contributed by atoms with van der Waals surface area (Å²) in [5, 5.41) is 4.45. The molecule has 5 heteroatoms. The fourth-order valence-corrected chi connectivity index (χ4v) is 4.21. The van der Waals surface area contributed by atoms with Crippen molar-refractivity contribution >= 4 is 21.5 Å². The topological polar surface area (TPSA) is 35.6 Å². The van der Waals surface area contributed by atoms with Gasteiger partial charge in [0.1, 0.15) is 0 Å². The molecule has 4 nitrogen and oxygen atoms in total. The Balaban J connectivity index is 0.00000241. The van der Waals surface area contributed by atoms with Crippen LogP contribution in [-0.4, -0.2) is 19.1 Å². The van der Waals surface area contributed by atoms with E-state index in [1.54, 1.807) is 0 Å². The maximum Gasteiger partial charge on any atom is 2.00 e. The molecule has 0 fully saturated rings. The summed E-state index contributed by atoms with van der Waals surface area (Å²) in [4.78, 5) is 10.0. The van der Waals surface area contributed by atoms with Crippen LogP contribution < -0.4 is 0 Å². The van der Waals surface area contributed by atoms with Gasteiger partial charge in [-0.05, 0) is 38.4 Å². The zero-order chi connectivity index (χ0) is 22.4. The van der Waals surface area contributed by atoms with Crippen LogP contribution in [0.3, 0.4) is 0 Å². The Morgan fingerprint density at radius 3 is 1.47 bits per heavy atom. The molecule has 0 unspecified atom stereocenters. The zero-order valence-corrected chi connectivity index (χ0v) is 20.4. The third-order valence-electron chi connectivity index (χ3n) is 6.18. The van der Waals surface area contributed by atoms with Gasteiger partial charge < -0.3 is 9.13 Å². The number of rotatable bonds is 4. The SMILES string of the molecule is CC(C)(c1cccc(-n2[c-]c3ccccc3c2)n1)c1cccc(-n2[c-]c3ccccc3c2)n1.[Pd+2]. The van der Waals surface area contributed by atoms with Crippen molar-refractivity contribution in [2.75, 3.05) is 0 Å². The number of nitrogens with zero attached hydrogens (tertiary/aromatic N) is 4. The molecule has 6 rings (SSSR count). The molecule has 6 aromatic rings. The van der Waals surface area contributed by atoms with Gasteiger partial charge in [-0.15, -0.1) is 22.9 Å². The predicted octanol–water partition coefficient (Wildman–Crippen LogP) is 6.29. The summed E-state index contributed by atoms with van der Waals surface area (Å²) >= 11 is 0. The average Bonchev–Trinajstić information content (AvgIpc) is 3.49. The summed E-state index contributed by atoms with van der Waals surface area (Å²) in [7, 11) is 0. The normalized spacial score (nSPS) is 11.6. The first kappa shape index (κ1) is 22.3. The fourth-order valence-electron chi connectivity index (χ4n) is 4.21. The molecule has 168 valence electrons. The number of benzene rings is 2. The number of pyridine rings is 2. The summed E-state index contributed by atoms with van der Waals surface area (Å²) in [5.41, 5.74) is 1.53. The number of fused-ring (bicyclic) bond motifs is 2. The monoisotopic (exact) mass is 532 g/mol. The minimum Gasteiger partial charge on any atom is -0.408 e. The molecule has 2 aromatic carbocycles. The van der Waals surface area contributed by atoms with E-state index in [0.717, 1.165) is 44.6 Å². The minimum absolute atomic E-state index is 0. The van der Waals surface area contributed by atoms with Gasteiger partial charge in [0.25, 0.3) is 0 Å². The summed E-state index contributed by atoms with van der Waals surface area (Å²) in [5.74, 6) is 1.69. The summed E-state index contributed by atoms with van der Waals surface area (Å²) in [6.45, 7) is 4.33. The van der Waals surface area contributed by atoms with E-state index in [2.05, 4.69) is 75.0 Å². The summed E-state index contributed by atoms with van der Waals surface area (Å²) < 4.78 is 3.93. The van der Waals surface area contributed by atoms with Gasteiger partial charge in [0.15, 0.2) is 0 Å². The number of hydrogen-bond acceptors (Lipinski definition) is 2. The van der Waals surface area contributed by atoms with Gasteiger partial charge in [0, 0.05) is 16.8 Å². The van der Waals surface area contributed by atoms with Gasteiger partial charge in [-0.2, -0.15) is 0 Å². The molecule has 34 heavy (non-hydrogen) atoms. The van der Waals surface area contributed by atoms with Crippen LogP contribution >= 0.6 is 0 Å². The van der Waals surface area contributed by atoms with Crippen LogP contribution in [0.1, 0.15) is 25.2 Å². The van der Waals surface area contributed by atoms with Gasteiger partial charge in [0.05, 0.1) is 11.6 Å². The Kier molecular flexibility index (Phi) is 5.69. The molecule has 0 aliphatic rings. The van der Waals surface area contributed by atoms with Crippen molar-refractivity contribution in [2.45, 2.75) is 19.3 Å². The van der Waals surface area contributed by atoms with Gasteiger partial charge in [-0.25, -0.2) is 0 Å². The van der Waals surface area contributed by atoms with Crippen LogP contribution in [0, 0.1) is 12.4 Å². The minimum atomic E-state index is -0.384. The largest absolute Gasteiger partial charge is 2.00 e. The van der Waals surface area contributed by atoms with E-state index in [9.17, 15) is 0 Å². The number of aromatic nitrogens is 4. The van der Waals surface area contributed by atoms with Crippen LogP contribution in [0.15, 0.2) is 97.3 Å². The van der Waals surface area contributed by atoms with Crippen molar-refractivity contribution in [2.24, 2.45) is 0 Å². The molecule has 0 bridgehead atoms. The zero-order valence-electron chi connectivity index (χ0n) is 18.8. The van der Waals surface area contributed by atoms with Crippen LogP contribution in [0.2, 0.25) is 0 Å². The van der Waals surface area contributed by atoms with Gasteiger partial charge in [0.2, 0.25) is 0 Å². The molecule has 0 aliphatic carbocycles. The molecule has 0 aliphatic heterocycles. The molecule has 0 amide bonds. The van der Waals surface area contributed by atoms with E-state index in [-0.39, 0.29) is 25.8 Å². The molecule has 0 N–H and O–H groups in total. The molecule has 4 aromatic heterocycles. The second-order valence-electron chi connectivity index (χ2n) is 8.78. The second kappa shape index (κ2) is 8.68. The van der Waals surface area contributed by atoms with E-state index in [4.69, 9.17) is 9.97 Å². The number of hydrogen-bond donors (Lipinski definition) is 0. The second-order valence-corrected chi connectivity index (χ2v) is 8.78. The van der Waals surface area contributed by atoms with E-state index >= 15 is 0 Å². The van der Waals surface area contributed by atoms with Crippen LogP contribution in [0.25, 0.3) is 33.2 Å². The first-order valence-corrected chi connectivity index (χ1v) is 11.0. The fraction of sp³-hybridized carbons (Fsp3) is 0.103. The van der Waals surface area contributed by atoms with Crippen LogP contribution in [0.5, 0.6) is 0 Å². The van der Waals surface area contributed by atoms with Gasteiger partial charge >= 0.3 is 20.4 Å². The molecule has 0 saturated heterocycles. The molecule has 0 atom stereocenters. The predicted molar refractivity (Wildman–Crippen MR) is 132 cm³/mol. The van der Waals surface area contributed by atoms with Crippen LogP contribution in [0.4, 0.5) is 0 Å². The Morgan fingerprint density at radius 1 is 0.588 bits per heavy atom. The van der Waals surface area contributed by atoms with Crippen molar-refractivity contribution in [3.05, 3.63) is 121 Å². The Labute approximate surface area is 212 Å². The van der Waals surface area contributed by atoms with Crippen molar-refractivity contribution in [1.29, 1.82) is 0 Å². The van der Waals surface area contributed by atoms with Crippen molar-refractivity contribution in [3.63, 3.8) is 0 Å². The third kappa shape index (κ3) is 3.88. The third-order valence-corrected chi connectivity index (χ3v) is 6.18. The average molecular weight is 533 g/mol. The van der Waals surface area contributed by atoms with E-state index in [1.807, 2.05) is 57.7 Å². The van der Waals surface area contributed by atoms with E-state index in [0.29, 0.717) is 0 Å². The Bertz CT molecular complexity index is 1420. The molecular formula is C29H22N4Pd. The van der Waals surface area contributed by atoms with E-state index in [1.165, 1.54) is 0 Å². The molecule has 4 heterocycles. The van der Waals surface area contributed by atoms with E-state index < -0.39 is 0 Å². The van der Waals surface area contributed by atoms with Crippen LogP contribution in [-0.2, 0) is 25.8 Å². The quantitative estimate of drug-likeness (QED) is 0.198. The maximum atomic E-state index is 5.00. The van der Waals surface area contributed by atoms with Crippen molar-refractivity contribution in [3.8, 4) is 11.6 Å². The maximum absolute atomic E-state index is 5.00. The first-order chi connectivity index (χ1) is 16.1.